The summed E-state index contributed by atoms with van der Waals surface area (Å²) in [6, 6.07) is 13.5. The van der Waals surface area contributed by atoms with Crippen LogP contribution in [0.5, 0.6) is 0 Å². The Labute approximate surface area is 280 Å². The Morgan fingerprint density at radius 3 is 1.50 bits per heavy atom. The number of nitrogens with one attached hydrogen (secondary N) is 2. The number of fused-ring (bicyclic) bond motifs is 2. The van der Waals surface area contributed by atoms with E-state index in [9.17, 15) is 19.2 Å². The standard InChI is InChI=1S/C36H47N5O7/c1-34(2,3)46-31(43)38-26(18-22-20-40(32(44)47-35(4,5)6)27-16-12-10-14-24(22)27)30(42)39-29(37)19-23-21-41(33(45)48-36(7,8)9)28-17-13-11-15-25(23)28/h10-17,20-21,26,29H,18-19,37H2,1-9H3,(H,38,43)(H,39,42)/t26-,29+/m0/s1. The second-order valence-corrected chi connectivity index (χ2v) is 14.8. The van der Waals surface area contributed by atoms with Gasteiger partial charge in [-0.05, 0) is 85.6 Å². The molecule has 4 rings (SSSR count). The minimum Gasteiger partial charge on any atom is -0.444 e. The lowest BCUT2D eigenvalue weighted by Gasteiger charge is -2.24. The van der Waals surface area contributed by atoms with Gasteiger partial charge in [0.05, 0.1) is 17.2 Å². The van der Waals surface area contributed by atoms with Gasteiger partial charge in [0.15, 0.2) is 0 Å². The van der Waals surface area contributed by atoms with Crippen LogP contribution in [0.2, 0.25) is 0 Å². The maximum Gasteiger partial charge on any atom is 0.419 e. The molecule has 0 bridgehead atoms. The first-order valence-electron chi connectivity index (χ1n) is 15.9. The van der Waals surface area contributed by atoms with Crippen molar-refractivity contribution in [3.63, 3.8) is 0 Å². The van der Waals surface area contributed by atoms with Crippen molar-refractivity contribution < 1.29 is 33.4 Å². The number of aromatic nitrogens is 2. The second-order valence-electron chi connectivity index (χ2n) is 14.8. The highest BCUT2D eigenvalue weighted by Gasteiger charge is 2.29. The summed E-state index contributed by atoms with van der Waals surface area (Å²) in [6.45, 7) is 15.9. The third-order valence-corrected chi connectivity index (χ3v) is 6.97. The van der Waals surface area contributed by atoms with Gasteiger partial charge in [-0.3, -0.25) is 13.9 Å². The van der Waals surface area contributed by atoms with Crippen LogP contribution >= 0.6 is 0 Å². The Bertz CT molecular complexity index is 1820. The van der Waals surface area contributed by atoms with Crippen LogP contribution in [0.3, 0.4) is 0 Å². The molecule has 4 N–H and O–H groups in total. The highest BCUT2D eigenvalue weighted by Crippen LogP contribution is 2.26. The summed E-state index contributed by atoms with van der Waals surface area (Å²) in [7, 11) is 0. The summed E-state index contributed by atoms with van der Waals surface area (Å²) < 4.78 is 19.5. The topological polar surface area (TPSA) is 156 Å². The van der Waals surface area contributed by atoms with Crippen molar-refractivity contribution in [2.75, 3.05) is 0 Å². The first-order chi connectivity index (χ1) is 22.2. The van der Waals surface area contributed by atoms with Gasteiger partial charge in [0, 0.05) is 36.0 Å². The summed E-state index contributed by atoms with van der Waals surface area (Å²) in [5.41, 5.74) is 6.84. The molecule has 2 aromatic carbocycles. The van der Waals surface area contributed by atoms with Crippen LogP contribution in [0.4, 0.5) is 14.4 Å². The second kappa shape index (κ2) is 13.7. The molecular weight excluding hydrogens is 614 g/mol. The SMILES string of the molecule is CC(C)(C)OC(=O)N[C@@H](Cc1cn(C(=O)OC(C)(C)C)c2ccccc12)C(=O)N[C@@H](N)Cc1cn(C(=O)OC(C)(C)C)c2ccccc12. The molecule has 0 fully saturated rings. The van der Waals surface area contributed by atoms with E-state index in [-0.39, 0.29) is 12.8 Å². The van der Waals surface area contributed by atoms with Crippen LogP contribution in [0.1, 0.15) is 73.4 Å². The van der Waals surface area contributed by atoms with E-state index in [2.05, 4.69) is 10.6 Å². The first-order valence-corrected chi connectivity index (χ1v) is 15.9. The van der Waals surface area contributed by atoms with Gasteiger partial charge in [0.25, 0.3) is 0 Å². The van der Waals surface area contributed by atoms with Crippen molar-refractivity contribution in [2.24, 2.45) is 5.73 Å². The Hall–Kier alpha value is -4.84. The van der Waals surface area contributed by atoms with Crippen LogP contribution in [0.25, 0.3) is 21.8 Å². The van der Waals surface area contributed by atoms with Crippen molar-refractivity contribution in [1.29, 1.82) is 0 Å². The number of rotatable bonds is 7. The van der Waals surface area contributed by atoms with Crippen LogP contribution in [-0.2, 0) is 31.8 Å². The number of carbonyl (C=O) groups excluding carboxylic acids is 4. The Morgan fingerprint density at radius 1 is 0.646 bits per heavy atom. The number of para-hydroxylation sites is 2. The fourth-order valence-electron chi connectivity index (χ4n) is 5.20. The minimum atomic E-state index is -1.12. The Kier molecular flexibility index (Phi) is 10.3. The van der Waals surface area contributed by atoms with Gasteiger partial charge in [-0.2, -0.15) is 0 Å². The number of carbonyl (C=O) groups is 4. The van der Waals surface area contributed by atoms with Crippen molar-refractivity contribution in [1.82, 2.24) is 19.8 Å². The molecule has 0 aliphatic heterocycles. The zero-order valence-corrected chi connectivity index (χ0v) is 29.2. The molecule has 0 saturated carbocycles. The van der Waals surface area contributed by atoms with E-state index < -0.39 is 53.2 Å². The largest absolute Gasteiger partial charge is 0.444 e. The lowest BCUT2D eigenvalue weighted by Crippen LogP contribution is -2.54. The van der Waals surface area contributed by atoms with E-state index in [1.165, 1.54) is 9.13 Å². The van der Waals surface area contributed by atoms with Gasteiger partial charge in [0.2, 0.25) is 5.91 Å². The predicted octanol–water partition coefficient (Wildman–Crippen LogP) is 6.24. The smallest absolute Gasteiger partial charge is 0.419 e. The third kappa shape index (κ3) is 9.37. The van der Waals surface area contributed by atoms with Gasteiger partial charge in [-0.15, -0.1) is 0 Å². The number of benzene rings is 2. The minimum absolute atomic E-state index is 0.0199. The molecule has 0 unspecified atom stereocenters. The van der Waals surface area contributed by atoms with E-state index in [0.717, 1.165) is 10.9 Å². The molecule has 12 nitrogen and oxygen atoms in total. The summed E-state index contributed by atoms with van der Waals surface area (Å²) in [5, 5.41) is 6.99. The Morgan fingerprint density at radius 2 is 1.06 bits per heavy atom. The van der Waals surface area contributed by atoms with E-state index >= 15 is 0 Å². The van der Waals surface area contributed by atoms with E-state index in [4.69, 9.17) is 19.9 Å². The van der Waals surface area contributed by atoms with Crippen LogP contribution in [0, 0.1) is 0 Å². The number of alkyl carbamates (subject to hydrolysis) is 1. The summed E-state index contributed by atoms with van der Waals surface area (Å²) in [6.07, 6.45) is 0.696. The van der Waals surface area contributed by atoms with Gasteiger partial charge in [-0.1, -0.05) is 36.4 Å². The quantitative estimate of drug-likeness (QED) is 0.155. The van der Waals surface area contributed by atoms with Gasteiger partial charge in [0.1, 0.15) is 22.8 Å². The maximum atomic E-state index is 13.8. The molecule has 0 spiro atoms. The predicted molar refractivity (Wildman–Crippen MR) is 184 cm³/mol. The van der Waals surface area contributed by atoms with Crippen molar-refractivity contribution in [3.8, 4) is 0 Å². The summed E-state index contributed by atoms with van der Waals surface area (Å²) in [5.74, 6) is -0.557. The highest BCUT2D eigenvalue weighted by atomic mass is 16.6. The number of hydrogen-bond acceptors (Lipinski definition) is 8. The van der Waals surface area contributed by atoms with E-state index in [1.807, 2.05) is 30.3 Å². The fraction of sp³-hybridized carbons (Fsp3) is 0.444. The van der Waals surface area contributed by atoms with Crippen molar-refractivity contribution in [2.45, 2.75) is 104 Å². The van der Waals surface area contributed by atoms with Crippen molar-refractivity contribution in [3.05, 3.63) is 72.1 Å². The molecule has 0 radical (unpaired) electrons. The third-order valence-electron chi connectivity index (χ3n) is 6.97. The average molecular weight is 662 g/mol. The molecule has 0 saturated heterocycles. The zero-order chi connectivity index (χ0) is 35.6. The monoisotopic (exact) mass is 661 g/mol. The molecule has 0 aliphatic rings. The molecular formula is C36H47N5O7. The molecule has 258 valence electrons. The number of amides is 2. The zero-order valence-electron chi connectivity index (χ0n) is 29.2. The molecule has 12 heteroatoms. The normalized spacial score (nSPS) is 13.5. The maximum absolute atomic E-state index is 13.8. The number of nitrogens with zero attached hydrogens (tertiary/aromatic N) is 2. The molecule has 48 heavy (non-hydrogen) atoms. The Balaban J connectivity index is 1.61. The number of nitrogens with two attached hydrogens (primary N) is 1. The van der Waals surface area contributed by atoms with Crippen LogP contribution in [0.15, 0.2) is 60.9 Å². The summed E-state index contributed by atoms with van der Waals surface area (Å²) >= 11 is 0. The van der Waals surface area contributed by atoms with Crippen LogP contribution in [-0.4, -0.2) is 62.3 Å². The van der Waals surface area contributed by atoms with Gasteiger partial charge >= 0.3 is 18.3 Å². The first kappa shape index (κ1) is 36.0. The van der Waals surface area contributed by atoms with Gasteiger partial charge < -0.3 is 30.6 Å². The molecule has 0 aliphatic carbocycles. The van der Waals surface area contributed by atoms with E-state index in [1.54, 1.807) is 92.9 Å². The van der Waals surface area contributed by atoms with E-state index in [0.29, 0.717) is 22.0 Å². The molecule has 4 aromatic rings. The van der Waals surface area contributed by atoms with Gasteiger partial charge in [-0.25, -0.2) is 14.4 Å². The lowest BCUT2D eigenvalue weighted by molar-refractivity contribution is -0.123. The highest BCUT2D eigenvalue weighted by molar-refractivity contribution is 5.94. The molecule has 2 amide bonds. The van der Waals surface area contributed by atoms with Crippen LogP contribution < -0.4 is 16.4 Å². The number of ether oxygens (including phenoxy) is 3. The lowest BCUT2D eigenvalue weighted by atomic mass is 10.0. The average Bonchev–Trinajstić information content (AvgIpc) is 3.49. The van der Waals surface area contributed by atoms with Crippen molar-refractivity contribution >= 4 is 46.0 Å². The molecule has 2 atom stereocenters. The summed E-state index contributed by atoms with van der Waals surface area (Å²) in [4.78, 5) is 52.8. The number of hydrogen-bond donors (Lipinski definition) is 3. The fourth-order valence-corrected chi connectivity index (χ4v) is 5.20. The molecule has 2 heterocycles. The molecule has 2 aromatic heterocycles.